The Morgan fingerprint density at radius 3 is 2.73 bits per heavy atom. The topological polar surface area (TPSA) is 79.6 Å². The molecular formula is C19H24N2O4S. The van der Waals surface area contributed by atoms with Crippen molar-refractivity contribution in [1.82, 2.24) is 9.62 Å². The first kappa shape index (κ1) is 18.7. The van der Waals surface area contributed by atoms with Gasteiger partial charge in [0.25, 0.3) is 0 Å². The molecule has 0 saturated carbocycles. The Hall–Kier alpha value is -2.12. The highest BCUT2D eigenvalue weighted by molar-refractivity contribution is 7.89. The Labute approximate surface area is 154 Å². The summed E-state index contributed by atoms with van der Waals surface area (Å²) in [5, 5.41) is 2.87. The second-order valence-corrected chi connectivity index (χ2v) is 8.71. The van der Waals surface area contributed by atoms with Crippen LogP contribution in [-0.2, 0) is 21.4 Å². The second kappa shape index (κ2) is 8.05. The minimum atomic E-state index is -3.25. The third-order valence-electron chi connectivity index (χ3n) is 4.67. The van der Waals surface area contributed by atoms with Crippen molar-refractivity contribution in [2.75, 3.05) is 18.8 Å². The lowest BCUT2D eigenvalue weighted by molar-refractivity contribution is -0.126. The van der Waals surface area contributed by atoms with Gasteiger partial charge in [0, 0.05) is 18.7 Å². The number of carbonyl (C=O) groups is 1. The fraction of sp³-hybridized carbons (Fsp3) is 0.421. The van der Waals surface area contributed by atoms with Crippen LogP contribution in [-0.4, -0.2) is 37.5 Å². The molecule has 0 unspecified atom stereocenters. The summed E-state index contributed by atoms with van der Waals surface area (Å²) < 4.78 is 31.2. The predicted molar refractivity (Wildman–Crippen MR) is 99.7 cm³/mol. The molecule has 0 spiro atoms. The first-order valence-corrected chi connectivity index (χ1v) is 10.5. The number of hydrogen-bond donors (Lipinski definition) is 1. The fourth-order valence-corrected chi connectivity index (χ4v) is 4.32. The van der Waals surface area contributed by atoms with E-state index in [1.165, 1.54) is 4.31 Å². The van der Waals surface area contributed by atoms with Gasteiger partial charge in [0.05, 0.1) is 18.2 Å². The Morgan fingerprint density at radius 2 is 2.00 bits per heavy atom. The van der Waals surface area contributed by atoms with E-state index in [9.17, 15) is 13.2 Å². The molecule has 1 aliphatic rings. The monoisotopic (exact) mass is 376 g/mol. The quantitative estimate of drug-likeness (QED) is 0.840. The van der Waals surface area contributed by atoms with E-state index >= 15 is 0 Å². The molecule has 1 aromatic carbocycles. The van der Waals surface area contributed by atoms with Gasteiger partial charge in [-0.15, -0.1) is 0 Å². The molecule has 2 aromatic rings. The van der Waals surface area contributed by atoms with Crippen LogP contribution in [0.5, 0.6) is 0 Å². The van der Waals surface area contributed by atoms with E-state index in [0.29, 0.717) is 31.7 Å². The van der Waals surface area contributed by atoms with E-state index in [4.69, 9.17) is 4.42 Å². The van der Waals surface area contributed by atoms with Gasteiger partial charge in [0.1, 0.15) is 11.5 Å². The molecule has 2 heterocycles. The highest BCUT2D eigenvalue weighted by atomic mass is 32.2. The molecule has 0 radical (unpaired) electrons. The van der Waals surface area contributed by atoms with Crippen molar-refractivity contribution in [3.8, 4) is 11.3 Å². The minimum Gasteiger partial charge on any atom is -0.459 e. The lowest BCUT2D eigenvalue weighted by Crippen LogP contribution is -2.45. The molecule has 1 atom stereocenters. The van der Waals surface area contributed by atoms with Crippen LogP contribution in [0.2, 0.25) is 0 Å². The van der Waals surface area contributed by atoms with Crippen LogP contribution in [0, 0.1) is 5.92 Å². The Kier molecular flexibility index (Phi) is 5.78. The van der Waals surface area contributed by atoms with E-state index in [1.54, 1.807) is 6.92 Å². The van der Waals surface area contributed by atoms with Crippen molar-refractivity contribution in [3.63, 3.8) is 0 Å². The molecule has 140 valence electrons. The first-order chi connectivity index (χ1) is 12.5. The Bertz CT molecular complexity index is 845. The van der Waals surface area contributed by atoms with Gasteiger partial charge in [-0.3, -0.25) is 4.79 Å². The van der Waals surface area contributed by atoms with E-state index < -0.39 is 10.0 Å². The van der Waals surface area contributed by atoms with Gasteiger partial charge in [0.15, 0.2) is 0 Å². The summed E-state index contributed by atoms with van der Waals surface area (Å²) in [6.07, 6.45) is 1.41. The summed E-state index contributed by atoms with van der Waals surface area (Å²) in [5.41, 5.74) is 0.984. The number of carbonyl (C=O) groups excluding carboxylic acids is 1. The zero-order valence-corrected chi connectivity index (χ0v) is 15.7. The Balaban J connectivity index is 1.57. The number of hydrogen-bond acceptors (Lipinski definition) is 4. The molecule has 1 aliphatic heterocycles. The van der Waals surface area contributed by atoms with Crippen molar-refractivity contribution in [1.29, 1.82) is 0 Å². The van der Waals surface area contributed by atoms with Gasteiger partial charge >= 0.3 is 0 Å². The van der Waals surface area contributed by atoms with Gasteiger partial charge in [0.2, 0.25) is 15.9 Å². The van der Waals surface area contributed by atoms with E-state index in [2.05, 4.69) is 5.32 Å². The van der Waals surface area contributed by atoms with E-state index in [-0.39, 0.29) is 24.1 Å². The van der Waals surface area contributed by atoms with Crippen molar-refractivity contribution in [2.45, 2.75) is 26.3 Å². The number of piperidine rings is 1. The summed E-state index contributed by atoms with van der Waals surface area (Å²) >= 11 is 0. The molecule has 1 amide bonds. The average Bonchev–Trinajstić information content (AvgIpc) is 3.16. The molecule has 0 bridgehead atoms. The molecule has 3 rings (SSSR count). The number of nitrogens with zero attached hydrogens (tertiary/aromatic N) is 1. The maximum atomic E-state index is 12.4. The standard InChI is InChI=1S/C19H24N2O4S/c1-2-26(23,24)21-12-6-9-16(14-21)19(22)20-13-17-10-11-18(25-17)15-7-4-3-5-8-15/h3-5,7-8,10-11,16H,2,6,9,12-14H2,1H3,(H,20,22)/t16-/m0/s1. The van der Waals surface area contributed by atoms with Crippen molar-refractivity contribution in [2.24, 2.45) is 5.92 Å². The molecular weight excluding hydrogens is 352 g/mol. The zero-order chi connectivity index (χ0) is 18.6. The maximum Gasteiger partial charge on any atom is 0.224 e. The van der Waals surface area contributed by atoms with Gasteiger partial charge < -0.3 is 9.73 Å². The van der Waals surface area contributed by atoms with Gasteiger partial charge in [-0.05, 0) is 31.9 Å². The van der Waals surface area contributed by atoms with Gasteiger partial charge in [-0.1, -0.05) is 30.3 Å². The van der Waals surface area contributed by atoms with Crippen LogP contribution in [0.3, 0.4) is 0 Å². The van der Waals surface area contributed by atoms with Crippen LogP contribution < -0.4 is 5.32 Å². The summed E-state index contributed by atoms with van der Waals surface area (Å²) in [5.74, 6) is 1.06. The first-order valence-electron chi connectivity index (χ1n) is 8.89. The van der Waals surface area contributed by atoms with Crippen LogP contribution in [0.4, 0.5) is 0 Å². The maximum absolute atomic E-state index is 12.4. The van der Waals surface area contributed by atoms with E-state index in [0.717, 1.165) is 11.3 Å². The van der Waals surface area contributed by atoms with Gasteiger partial charge in [-0.2, -0.15) is 0 Å². The molecule has 7 heteroatoms. The molecule has 1 fully saturated rings. The number of nitrogens with one attached hydrogen (secondary N) is 1. The van der Waals surface area contributed by atoms with Crippen molar-refractivity contribution < 1.29 is 17.6 Å². The summed E-state index contributed by atoms with van der Waals surface area (Å²) in [6.45, 7) is 2.68. The highest BCUT2D eigenvalue weighted by Crippen LogP contribution is 2.22. The molecule has 1 aromatic heterocycles. The molecule has 0 aliphatic carbocycles. The Morgan fingerprint density at radius 1 is 1.23 bits per heavy atom. The van der Waals surface area contributed by atoms with Crippen LogP contribution >= 0.6 is 0 Å². The second-order valence-electron chi connectivity index (χ2n) is 6.45. The van der Waals surface area contributed by atoms with Crippen molar-refractivity contribution in [3.05, 3.63) is 48.2 Å². The third-order valence-corrected chi connectivity index (χ3v) is 6.52. The number of benzene rings is 1. The van der Waals surface area contributed by atoms with E-state index in [1.807, 2.05) is 42.5 Å². The van der Waals surface area contributed by atoms with Crippen LogP contribution in [0.1, 0.15) is 25.5 Å². The molecule has 26 heavy (non-hydrogen) atoms. The van der Waals surface area contributed by atoms with Crippen LogP contribution in [0.25, 0.3) is 11.3 Å². The van der Waals surface area contributed by atoms with Gasteiger partial charge in [-0.25, -0.2) is 12.7 Å². The summed E-state index contributed by atoms with van der Waals surface area (Å²) in [4.78, 5) is 12.4. The number of rotatable bonds is 6. The SMILES string of the molecule is CCS(=O)(=O)N1CCC[C@H](C(=O)NCc2ccc(-c3ccccc3)o2)C1. The molecule has 6 nitrogen and oxygen atoms in total. The highest BCUT2D eigenvalue weighted by Gasteiger charge is 2.31. The average molecular weight is 376 g/mol. The third kappa shape index (κ3) is 4.34. The van der Waals surface area contributed by atoms with Crippen LogP contribution in [0.15, 0.2) is 46.9 Å². The van der Waals surface area contributed by atoms with Crippen molar-refractivity contribution >= 4 is 15.9 Å². The summed E-state index contributed by atoms with van der Waals surface area (Å²) in [6, 6.07) is 13.5. The number of amides is 1. The molecule has 1 saturated heterocycles. The number of furan rings is 1. The summed E-state index contributed by atoms with van der Waals surface area (Å²) in [7, 11) is -3.25. The fourth-order valence-electron chi connectivity index (χ4n) is 3.14. The lowest BCUT2D eigenvalue weighted by atomic mass is 9.99. The normalized spacial score (nSPS) is 18.6. The number of sulfonamides is 1. The molecule has 1 N–H and O–H groups in total. The largest absolute Gasteiger partial charge is 0.459 e. The lowest BCUT2D eigenvalue weighted by Gasteiger charge is -2.30. The predicted octanol–water partition coefficient (Wildman–Crippen LogP) is 2.62. The smallest absolute Gasteiger partial charge is 0.224 e. The minimum absolute atomic E-state index is 0.0655. The zero-order valence-electron chi connectivity index (χ0n) is 14.8.